The van der Waals surface area contributed by atoms with Crippen molar-refractivity contribution in [2.75, 3.05) is 6.54 Å². The molecule has 0 spiro atoms. The molecule has 2 aliphatic rings. The first-order valence-corrected chi connectivity index (χ1v) is 14.0. The van der Waals surface area contributed by atoms with Gasteiger partial charge in [-0.1, -0.05) is 42.5 Å². The van der Waals surface area contributed by atoms with E-state index in [1.807, 2.05) is 52.0 Å². The molecule has 204 valence electrons. The third kappa shape index (κ3) is 5.89. The standard InChI is InChI=1S/C24H17NO6S.C6H14O/c26-23-19-7-3-4-8-22(19)32(29,30)25(23)12-11-18-17-6-2-1-5-16(17)14-31-21-10-9-15(24(27)28)13-20(18)21;1-5(2)7-6(3)4/h1-11,13H,12,14H2,(H,27,28);5-6H,1-4H3. The van der Waals surface area contributed by atoms with E-state index in [0.717, 1.165) is 15.4 Å². The molecule has 0 bridgehead atoms. The van der Waals surface area contributed by atoms with Gasteiger partial charge < -0.3 is 14.6 Å². The second-order valence-electron chi connectivity index (χ2n) is 9.65. The third-order valence-electron chi connectivity index (χ3n) is 6.12. The number of aromatic carboxylic acids is 1. The van der Waals surface area contributed by atoms with Gasteiger partial charge >= 0.3 is 5.97 Å². The highest BCUT2D eigenvalue weighted by atomic mass is 32.2. The van der Waals surface area contributed by atoms with Crippen LogP contribution >= 0.6 is 0 Å². The van der Waals surface area contributed by atoms with Gasteiger partial charge in [-0.3, -0.25) is 4.79 Å². The van der Waals surface area contributed by atoms with Gasteiger partial charge in [0.1, 0.15) is 17.3 Å². The predicted molar refractivity (Wildman–Crippen MR) is 147 cm³/mol. The zero-order valence-electron chi connectivity index (χ0n) is 22.2. The number of hydrogen-bond donors (Lipinski definition) is 1. The van der Waals surface area contributed by atoms with Crippen LogP contribution in [-0.2, 0) is 21.4 Å². The van der Waals surface area contributed by atoms with Gasteiger partial charge in [-0.25, -0.2) is 17.5 Å². The van der Waals surface area contributed by atoms with Crippen LogP contribution in [0, 0.1) is 0 Å². The molecule has 3 aromatic rings. The molecule has 0 aliphatic carbocycles. The number of amides is 1. The topological polar surface area (TPSA) is 110 Å². The lowest BCUT2D eigenvalue weighted by Gasteiger charge is -2.16. The summed E-state index contributed by atoms with van der Waals surface area (Å²) in [4.78, 5) is 24.3. The summed E-state index contributed by atoms with van der Waals surface area (Å²) in [5, 5.41) is 9.45. The van der Waals surface area contributed by atoms with E-state index >= 15 is 0 Å². The van der Waals surface area contributed by atoms with E-state index in [-0.39, 0.29) is 29.2 Å². The van der Waals surface area contributed by atoms with Crippen molar-refractivity contribution in [3.8, 4) is 5.75 Å². The molecular formula is C30H31NO7S. The Morgan fingerprint density at radius 1 is 0.974 bits per heavy atom. The number of benzene rings is 3. The smallest absolute Gasteiger partial charge is 0.335 e. The van der Waals surface area contributed by atoms with Crippen LogP contribution in [0.2, 0.25) is 0 Å². The number of carbonyl (C=O) groups is 2. The van der Waals surface area contributed by atoms with Crippen molar-refractivity contribution in [1.29, 1.82) is 0 Å². The zero-order chi connectivity index (χ0) is 28.3. The Morgan fingerprint density at radius 3 is 2.23 bits per heavy atom. The van der Waals surface area contributed by atoms with Gasteiger partial charge in [-0.15, -0.1) is 0 Å². The molecule has 5 rings (SSSR count). The second kappa shape index (κ2) is 11.4. The highest BCUT2D eigenvalue weighted by molar-refractivity contribution is 7.90. The molecule has 1 N–H and O–H groups in total. The highest BCUT2D eigenvalue weighted by Crippen LogP contribution is 2.38. The summed E-state index contributed by atoms with van der Waals surface area (Å²) >= 11 is 0. The number of fused-ring (bicyclic) bond motifs is 3. The van der Waals surface area contributed by atoms with Crippen LogP contribution in [-0.4, -0.2) is 48.5 Å². The Labute approximate surface area is 228 Å². The number of hydrogen-bond acceptors (Lipinski definition) is 6. The van der Waals surface area contributed by atoms with Crippen LogP contribution in [0.3, 0.4) is 0 Å². The fraction of sp³-hybridized carbons (Fsp3) is 0.267. The minimum atomic E-state index is -3.97. The number of nitrogens with zero attached hydrogens (tertiary/aromatic N) is 1. The van der Waals surface area contributed by atoms with E-state index in [0.29, 0.717) is 29.1 Å². The Morgan fingerprint density at radius 2 is 1.62 bits per heavy atom. The largest absolute Gasteiger partial charge is 0.488 e. The lowest BCUT2D eigenvalue weighted by Crippen LogP contribution is -2.30. The molecule has 1 amide bonds. The van der Waals surface area contributed by atoms with Gasteiger partial charge in [-0.05, 0) is 74.7 Å². The van der Waals surface area contributed by atoms with Crippen molar-refractivity contribution in [2.45, 2.75) is 51.4 Å². The summed E-state index contributed by atoms with van der Waals surface area (Å²) in [5.41, 5.74) is 3.01. The van der Waals surface area contributed by atoms with E-state index in [9.17, 15) is 23.1 Å². The summed E-state index contributed by atoms with van der Waals surface area (Å²) in [6, 6.07) is 18.1. The summed E-state index contributed by atoms with van der Waals surface area (Å²) in [6.07, 6.45) is 2.39. The highest BCUT2D eigenvalue weighted by Gasteiger charge is 2.40. The van der Waals surface area contributed by atoms with Crippen LogP contribution in [0.5, 0.6) is 5.75 Å². The molecule has 0 fully saturated rings. The lowest BCUT2D eigenvalue weighted by atomic mass is 9.93. The maximum Gasteiger partial charge on any atom is 0.335 e. The average Bonchev–Trinajstić information content (AvgIpc) is 2.99. The van der Waals surface area contributed by atoms with Gasteiger partial charge in [0.05, 0.1) is 29.9 Å². The third-order valence-corrected chi connectivity index (χ3v) is 7.93. The number of carboxylic acids is 1. The molecular weight excluding hydrogens is 518 g/mol. The maximum absolute atomic E-state index is 12.9. The number of carbonyl (C=O) groups excluding carboxylic acids is 1. The van der Waals surface area contributed by atoms with E-state index < -0.39 is 21.9 Å². The molecule has 0 saturated heterocycles. The molecule has 9 heteroatoms. The van der Waals surface area contributed by atoms with Crippen molar-refractivity contribution in [3.05, 3.63) is 101 Å². The fourth-order valence-electron chi connectivity index (χ4n) is 4.56. The van der Waals surface area contributed by atoms with E-state index in [1.54, 1.807) is 24.3 Å². The van der Waals surface area contributed by atoms with Crippen molar-refractivity contribution < 1.29 is 32.6 Å². The molecule has 0 saturated carbocycles. The SMILES string of the molecule is CC(C)OC(C)C.O=C(O)c1ccc2c(c1)C(=CCN1C(=O)c3ccccc3S1(=O)=O)c1ccccc1CO2. The Kier molecular flexibility index (Phi) is 8.22. The number of carboxylic acid groups (broad SMARTS) is 1. The van der Waals surface area contributed by atoms with Crippen molar-refractivity contribution in [2.24, 2.45) is 0 Å². The summed E-state index contributed by atoms with van der Waals surface area (Å²) < 4.78 is 37.9. The fourth-order valence-corrected chi connectivity index (χ4v) is 6.07. The van der Waals surface area contributed by atoms with Gasteiger partial charge in [0, 0.05) is 5.56 Å². The molecule has 0 atom stereocenters. The summed E-state index contributed by atoms with van der Waals surface area (Å²) in [5.74, 6) is -1.19. The monoisotopic (exact) mass is 549 g/mol. The Bertz CT molecular complexity index is 1530. The van der Waals surface area contributed by atoms with Crippen molar-refractivity contribution in [3.63, 3.8) is 0 Å². The molecule has 39 heavy (non-hydrogen) atoms. The van der Waals surface area contributed by atoms with E-state index in [1.165, 1.54) is 24.3 Å². The summed E-state index contributed by atoms with van der Waals surface area (Å²) in [7, 11) is -3.97. The van der Waals surface area contributed by atoms with Crippen LogP contribution < -0.4 is 4.74 Å². The zero-order valence-corrected chi connectivity index (χ0v) is 23.1. The molecule has 0 unspecified atom stereocenters. The quantitative estimate of drug-likeness (QED) is 0.455. The van der Waals surface area contributed by atoms with Gasteiger partial charge in [0.15, 0.2) is 0 Å². The first-order chi connectivity index (χ1) is 18.5. The molecule has 3 aromatic carbocycles. The number of sulfonamides is 1. The Balaban J connectivity index is 0.000000448. The van der Waals surface area contributed by atoms with Gasteiger partial charge in [-0.2, -0.15) is 0 Å². The number of rotatable bonds is 5. The minimum Gasteiger partial charge on any atom is -0.488 e. The van der Waals surface area contributed by atoms with Crippen molar-refractivity contribution in [1.82, 2.24) is 4.31 Å². The summed E-state index contributed by atoms with van der Waals surface area (Å²) in [6.45, 7) is 8.25. The Hall–Kier alpha value is -3.95. The van der Waals surface area contributed by atoms with Gasteiger partial charge in [0.25, 0.3) is 15.9 Å². The second-order valence-corrected chi connectivity index (χ2v) is 11.5. The predicted octanol–water partition coefficient (Wildman–Crippen LogP) is 5.37. The molecule has 8 nitrogen and oxygen atoms in total. The molecule has 0 radical (unpaired) electrons. The van der Waals surface area contributed by atoms with Crippen LogP contribution in [0.1, 0.15) is 65.1 Å². The molecule has 2 heterocycles. The van der Waals surface area contributed by atoms with Crippen LogP contribution in [0.25, 0.3) is 5.57 Å². The lowest BCUT2D eigenvalue weighted by molar-refractivity contribution is 0.0300. The molecule has 2 aliphatic heterocycles. The average molecular weight is 550 g/mol. The van der Waals surface area contributed by atoms with Crippen molar-refractivity contribution >= 4 is 27.5 Å². The van der Waals surface area contributed by atoms with Crippen LogP contribution in [0.15, 0.2) is 77.7 Å². The first-order valence-electron chi connectivity index (χ1n) is 12.6. The number of ether oxygens (including phenoxy) is 2. The maximum atomic E-state index is 12.9. The first kappa shape index (κ1) is 28.1. The van der Waals surface area contributed by atoms with Gasteiger partial charge in [0.2, 0.25) is 0 Å². The van der Waals surface area contributed by atoms with E-state index in [2.05, 4.69) is 0 Å². The van der Waals surface area contributed by atoms with Crippen LogP contribution in [0.4, 0.5) is 0 Å². The minimum absolute atomic E-state index is 0.0124. The van der Waals surface area contributed by atoms with E-state index in [4.69, 9.17) is 9.47 Å². The normalized spacial score (nSPS) is 16.1. The molecule has 0 aromatic heterocycles.